The second-order valence-corrected chi connectivity index (χ2v) is 7.20. The number of unbranched alkanes of at least 4 members (excludes halogenated alkanes) is 8. The van der Waals surface area contributed by atoms with E-state index >= 15 is 0 Å². The molecule has 0 spiro atoms. The van der Waals surface area contributed by atoms with Crippen LogP contribution >= 0.6 is 0 Å². The van der Waals surface area contributed by atoms with Crippen molar-refractivity contribution in [3.63, 3.8) is 0 Å². The predicted molar refractivity (Wildman–Crippen MR) is 96.7 cm³/mol. The highest BCUT2D eigenvalue weighted by Gasteiger charge is 2.06. The first kappa shape index (κ1) is 22.3. The Bertz CT molecular complexity index is 308. The minimum atomic E-state index is 0.141. The SMILES string of the molecule is CC(C)OCC(=O)CCCCCCCCCCCC(=O)C(C)C. The van der Waals surface area contributed by atoms with E-state index in [9.17, 15) is 9.59 Å². The Morgan fingerprint density at radius 1 is 0.696 bits per heavy atom. The maximum Gasteiger partial charge on any atom is 0.158 e. The quantitative estimate of drug-likeness (QED) is 0.352. The van der Waals surface area contributed by atoms with Crippen LogP contribution in [0.3, 0.4) is 0 Å². The fourth-order valence-corrected chi connectivity index (χ4v) is 2.48. The van der Waals surface area contributed by atoms with Gasteiger partial charge in [-0.25, -0.2) is 0 Å². The highest BCUT2D eigenvalue weighted by atomic mass is 16.5. The lowest BCUT2D eigenvalue weighted by Gasteiger charge is -2.06. The maximum absolute atomic E-state index is 11.5. The van der Waals surface area contributed by atoms with Gasteiger partial charge < -0.3 is 4.74 Å². The Kier molecular flexibility index (Phi) is 14.4. The minimum Gasteiger partial charge on any atom is -0.371 e. The summed E-state index contributed by atoms with van der Waals surface area (Å²) in [7, 11) is 0. The van der Waals surface area contributed by atoms with E-state index < -0.39 is 0 Å². The molecule has 0 amide bonds. The van der Waals surface area contributed by atoms with E-state index in [1.807, 2.05) is 27.7 Å². The van der Waals surface area contributed by atoms with Crippen LogP contribution in [-0.2, 0) is 14.3 Å². The van der Waals surface area contributed by atoms with Gasteiger partial charge in [-0.15, -0.1) is 0 Å². The first-order valence-corrected chi connectivity index (χ1v) is 9.59. The summed E-state index contributed by atoms with van der Waals surface area (Å²) < 4.78 is 5.30. The third kappa shape index (κ3) is 16.0. The lowest BCUT2D eigenvalue weighted by molar-refractivity contribution is -0.125. The van der Waals surface area contributed by atoms with Gasteiger partial charge in [0, 0.05) is 18.8 Å². The normalized spacial score (nSPS) is 11.4. The molecule has 0 unspecified atom stereocenters. The van der Waals surface area contributed by atoms with Crippen molar-refractivity contribution in [3.8, 4) is 0 Å². The first-order chi connectivity index (χ1) is 10.9. The standard InChI is InChI=1S/C20H38O3/c1-17(2)20(22)15-13-11-9-7-5-6-8-10-12-14-19(21)16-23-18(3)4/h17-18H,5-16H2,1-4H3. The van der Waals surface area contributed by atoms with Gasteiger partial charge in [-0.1, -0.05) is 58.8 Å². The molecule has 0 aromatic rings. The van der Waals surface area contributed by atoms with Crippen LogP contribution in [0.4, 0.5) is 0 Å². The molecule has 0 aliphatic rings. The summed E-state index contributed by atoms with van der Waals surface area (Å²) in [5.74, 6) is 0.826. The van der Waals surface area contributed by atoms with Gasteiger partial charge in [-0.2, -0.15) is 0 Å². The van der Waals surface area contributed by atoms with Crippen LogP contribution in [0.15, 0.2) is 0 Å². The molecule has 0 aliphatic heterocycles. The highest BCUT2D eigenvalue weighted by Crippen LogP contribution is 2.12. The van der Waals surface area contributed by atoms with Crippen molar-refractivity contribution in [1.29, 1.82) is 0 Å². The summed E-state index contributed by atoms with van der Waals surface area (Å²) >= 11 is 0. The van der Waals surface area contributed by atoms with Crippen molar-refractivity contribution in [2.45, 2.75) is 104 Å². The summed E-state index contributed by atoms with van der Waals surface area (Å²) in [4.78, 5) is 23.0. The topological polar surface area (TPSA) is 43.4 Å². The van der Waals surface area contributed by atoms with Gasteiger partial charge in [0.2, 0.25) is 0 Å². The van der Waals surface area contributed by atoms with Gasteiger partial charge in [0.25, 0.3) is 0 Å². The van der Waals surface area contributed by atoms with E-state index in [0.29, 0.717) is 12.2 Å². The summed E-state index contributed by atoms with van der Waals surface area (Å²) in [5.41, 5.74) is 0. The van der Waals surface area contributed by atoms with Crippen LogP contribution in [0.5, 0.6) is 0 Å². The number of Topliss-reactive ketones (excluding diaryl/α,β-unsaturated/α-hetero) is 2. The van der Waals surface area contributed by atoms with Crippen LogP contribution in [0, 0.1) is 5.92 Å². The van der Waals surface area contributed by atoms with Crippen LogP contribution in [-0.4, -0.2) is 24.3 Å². The van der Waals surface area contributed by atoms with Crippen LogP contribution < -0.4 is 0 Å². The second-order valence-electron chi connectivity index (χ2n) is 7.20. The molecule has 0 aromatic carbocycles. The lowest BCUT2D eigenvalue weighted by atomic mass is 10.0. The van der Waals surface area contributed by atoms with E-state index in [1.54, 1.807) is 0 Å². The molecule has 0 N–H and O–H groups in total. The molecule has 0 aromatic heterocycles. The average molecular weight is 327 g/mol. The van der Waals surface area contributed by atoms with E-state index in [4.69, 9.17) is 4.74 Å². The average Bonchev–Trinajstić information content (AvgIpc) is 2.50. The third-order valence-corrected chi connectivity index (χ3v) is 4.10. The Balaban J connectivity index is 3.22. The van der Waals surface area contributed by atoms with Crippen molar-refractivity contribution in [3.05, 3.63) is 0 Å². The van der Waals surface area contributed by atoms with Crippen LogP contribution in [0.2, 0.25) is 0 Å². The molecule has 0 saturated carbocycles. The van der Waals surface area contributed by atoms with E-state index in [-0.39, 0.29) is 24.4 Å². The predicted octanol–water partition coefficient (Wildman–Crippen LogP) is 5.50. The van der Waals surface area contributed by atoms with Crippen molar-refractivity contribution in [1.82, 2.24) is 0 Å². The molecule has 3 heteroatoms. The smallest absolute Gasteiger partial charge is 0.158 e. The molecule has 0 heterocycles. The summed E-state index contributed by atoms with van der Waals surface area (Å²) in [6, 6.07) is 0. The fourth-order valence-electron chi connectivity index (χ4n) is 2.48. The monoisotopic (exact) mass is 326 g/mol. The number of hydrogen-bond donors (Lipinski definition) is 0. The number of hydrogen-bond acceptors (Lipinski definition) is 3. The zero-order valence-electron chi connectivity index (χ0n) is 15.9. The Labute approximate surface area is 143 Å². The summed E-state index contributed by atoms with van der Waals surface area (Å²) in [6.07, 6.45) is 12.2. The van der Waals surface area contributed by atoms with Crippen LogP contribution in [0.1, 0.15) is 98.3 Å². The molecule has 23 heavy (non-hydrogen) atoms. The number of carbonyl (C=O) groups is 2. The van der Waals surface area contributed by atoms with E-state index in [1.165, 1.54) is 38.5 Å². The first-order valence-electron chi connectivity index (χ1n) is 9.59. The zero-order chi connectivity index (χ0) is 17.5. The van der Waals surface area contributed by atoms with Crippen LogP contribution in [0.25, 0.3) is 0 Å². The van der Waals surface area contributed by atoms with Gasteiger partial charge in [0.05, 0.1) is 6.10 Å². The molecule has 0 fully saturated rings. The largest absolute Gasteiger partial charge is 0.371 e. The second kappa shape index (κ2) is 14.9. The Hall–Kier alpha value is -0.700. The molecule has 0 radical (unpaired) electrons. The number of ether oxygens (including phenoxy) is 1. The minimum absolute atomic E-state index is 0.141. The van der Waals surface area contributed by atoms with Gasteiger partial charge in [-0.05, 0) is 26.7 Å². The van der Waals surface area contributed by atoms with E-state index in [2.05, 4.69) is 0 Å². The van der Waals surface area contributed by atoms with Gasteiger partial charge >= 0.3 is 0 Å². The summed E-state index contributed by atoms with van der Waals surface area (Å²) in [5, 5.41) is 0. The van der Waals surface area contributed by atoms with Crippen molar-refractivity contribution in [2.24, 2.45) is 5.92 Å². The molecule has 0 aliphatic carbocycles. The van der Waals surface area contributed by atoms with Crippen molar-refractivity contribution in [2.75, 3.05) is 6.61 Å². The zero-order valence-corrected chi connectivity index (χ0v) is 15.9. The van der Waals surface area contributed by atoms with Crippen molar-refractivity contribution < 1.29 is 14.3 Å². The highest BCUT2D eigenvalue weighted by molar-refractivity contribution is 5.80. The third-order valence-electron chi connectivity index (χ3n) is 4.10. The lowest BCUT2D eigenvalue weighted by Crippen LogP contribution is -2.12. The van der Waals surface area contributed by atoms with Gasteiger partial charge in [0.1, 0.15) is 12.4 Å². The number of carbonyl (C=O) groups excluding carboxylic acids is 2. The molecule has 0 saturated heterocycles. The molecule has 3 nitrogen and oxygen atoms in total. The van der Waals surface area contributed by atoms with E-state index in [0.717, 1.165) is 25.7 Å². The Morgan fingerprint density at radius 2 is 1.13 bits per heavy atom. The molecule has 0 atom stereocenters. The van der Waals surface area contributed by atoms with Gasteiger partial charge in [0.15, 0.2) is 5.78 Å². The van der Waals surface area contributed by atoms with Gasteiger partial charge in [-0.3, -0.25) is 9.59 Å². The molecule has 0 bridgehead atoms. The number of rotatable bonds is 16. The maximum atomic E-state index is 11.5. The molecular formula is C20H38O3. The van der Waals surface area contributed by atoms with Crippen molar-refractivity contribution >= 4 is 11.6 Å². The molecule has 136 valence electrons. The molecular weight excluding hydrogens is 288 g/mol. The fraction of sp³-hybridized carbons (Fsp3) is 0.900. The Morgan fingerprint density at radius 3 is 1.57 bits per heavy atom. The number of ketones is 2. The summed E-state index contributed by atoms with van der Waals surface area (Å²) in [6.45, 7) is 8.14. The molecule has 0 rings (SSSR count).